The molecular weight excluding hydrogens is 244 g/mol. The topological polar surface area (TPSA) is 53.6 Å². The van der Waals surface area contributed by atoms with Crippen molar-refractivity contribution in [2.24, 2.45) is 7.05 Å². The molecule has 98 valence electrons. The number of nitriles is 1. The van der Waals surface area contributed by atoms with Crippen LogP contribution < -0.4 is 5.32 Å². The fourth-order valence-corrected chi connectivity index (χ4v) is 3.75. The molecule has 2 atom stereocenters. The lowest BCUT2D eigenvalue weighted by molar-refractivity contribution is 0.709. The molecule has 1 fully saturated rings. The summed E-state index contributed by atoms with van der Waals surface area (Å²) in [5.41, 5.74) is 1.49. The number of rotatable bonds is 4. The van der Waals surface area contributed by atoms with Gasteiger partial charge in [0.2, 0.25) is 0 Å². The number of anilines is 1. The molecule has 1 heterocycles. The quantitative estimate of drug-likeness (QED) is 0.908. The number of hydrogen-bond donors (Lipinski definition) is 1. The predicted octanol–water partition coefficient (Wildman–Crippen LogP) is 2.69. The van der Waals surface area contributed by atoms with Gasteiger partial charge in [-0.1, -0.05) is 6.92 Å². The Morgan fingerprint density at radius 3 is 3.00 bits per heavy atom. The smallest absolute Gasteiger partial charge is 0.142 e. The maximum absolute atomic E-state index is 9.18. The van der Waals surface area contributed by atoms with Crippen LogP contribution >= 0.6 is 11.8 Å². The highest BCUT2D eigenvalue weighted by Crippen LogP contribution is 2.32. The van der Waals surface area contributed by atoms with E-state index < -0.39 is 0 Å². The second-order valence-corrected chi connectivity index (χ2v) is 6.35. The molecule has 0 saturated heterocycles. The fraction of sp³-hybridized carbons (Fsp3) is 0.692. The van der Waals surface area contributed by atoms with Crippen LogP contribution in [0.1, 0.15) is 37.4 Å². The second kappa shape index (κ2) is 5.66. The van der Waals surface area contributed by atoms with Crippen LogP contribution in [-0.4, -0.2) is 26.8 Å². The standard InChI is InChI=1S/C13H20N4S/c1-4-18-11-6-5-10(7-11)15-13-12(8-14)9(2)16-17(13)3/h10-11,15H,4-7H2,1-3H3. The summed E-state index contributed by atoms with van der Waals surface area (Å²) in [6, 6.07) is 2.73. The van der Waals surface area contributed by atoms with Gasteiger partial charge in [0.05, 0.1) is 5.69 Å². The number of thioether (sulfide) groups is 1. The van der Waals surface area contributed by atoms with Crippen LogP contribution in [0.5, 0.6) is 0 Å². The molecule has 4 nitrogen and oxygen atoms in total. The highest BCUT2D eigenvalue weighted by molar-refractivity contribution is 7.99. The molecule has 0 aromatic carbocycles. The van der Waals surface area contributed by atoms with Gasteiger partial charge in [0.1, 0.15) is 17.5 Å². The van der Waals surface area contributed by atoms with E-state index in [-0.39, 0.29) is 0 Å². The summed E-state index contributed by atoms with van der Waals surface area (Å²) in [6.45, 7) is 4.10. The Balaban J connectivity index is 2.05. The Labute approximate surface area is 113 Å². The summed E-state index contributed by atoms with van der Waals surface area (Å²) in [6.07, 6.45) is 3.65. The van der Waals surface area contributed by atoms with Crippen molar-refractivity contribution in [2.45, 2.75) is 44.4 Å². The van der Waals surface area contributed by atoms with Gasteiger partial charge < -0.3 is 5.32 Å². The van der Waals surface area contributed by atoms with Gasteiger partial charge >= 0.3 is 0 Å². The van der Waals surface area contributed by atoms with Crippen LogP contribution in [-0.2, 0) is 7.05 Å². The van der Waals surface area contributed by atoms with Crippen molar-refractivity contribution in [3.05, 3.63) is 11.3 Å². The fourth-order valence-electron chi connectivity index (χ4n) is 2.61. The van der Waals surface area contributed by atoms with Crippen molar-refractivity contribution in [1.82, 2.24) is 9.78 Å². The number of aryl methyl sites for hydroxylation is 2. The first-order chi connectivity index (χ1) is 8.65. The molecule has 2 unspecified atom stereocenters. The van der Waals surface area contributed by atoms with Gasteiger partial charge in [-0.2, -0.15) is 22.1 Å². The van der Waals surface area contributed by atoms with Crippen molar-refractivity contribution in [3.8, 4) is 6.07 Å². The first kappa shape index (κ1) is 13.3. The highest BCUT2D eigenvalue weighted by Gasteiger charge is 2.26. The maximum Gasteiger partial charge on any atom is 0.142 e. The molecule has 0 aliphatic heterocycles. The third kappa shape index (κ3) is 2.64. The highest BCUT2D eigenvalue weighted by atomic mass is 32.2. The summed E-state index contributed by atoms with van der Waals surface area (Å²) >= 11 is 2.05. The van der Waals surface area contributed by atoms with Gasteiger partial charge in [0, 0.05) is 18.3 Å². The lowest BCUT2D eigenvalue weighted by atomic mass is 10.2. The van der Waals surface area contributed by atoms with E-state index in [2.05, 4.69) is 23.4 Å². The summed E-state index contributed by atoms with van der Waals surface area (Å²) in [5.74, 6) is 2.06. The van der Waals surface area contributed by atoms with Gasteiger partial charge in [-0.05, 0) is 31.9 Å². The predicted molar refractivity (Wildman–Crippen MR) is 75.8 cm³/mol. The molecular formula is C13H20N4S. The Morgan fingerprint density at radius 1 is 1.56 bits per heavy atom. The van der Waals surface area contributed by atoms with Crippen LogP contribution in [0.4, 0.5) is 5.82 Å². The van der Waals surface area contributed by atoms with Gasteiger partial charge in [0.25, 0.3) is 0 Å². The lowest BCUT2D eigenvalue weighted by Crippen LogP contribution is -2.18. The molecule has 1 aliphatic carbocycles. The van der Waals surface area contributed by atoms with E-state index in [1.54, 1.807) is 4.68 Å². The van der Waals surface area contributed by atoms with E-state index in [0.717, 1.165) is 16.8 Å². The van der Waals surface area contributed by atoms with E-state index in [1.165, 1.54) is 25.0 Å². The third-order valence-corrected chi connectivity index (χ3v) is 4.69. The van der Waals surface area contributed by atoms with Crippen LogP contribution in [0.2, 0.25) is 0 Å². The van der Waals surface area contributed by atoms with Gasteiger partial charge in [-0.15, -0.1) is 0 Å². The zero-order valence-electron chi connectivity index (χ0n) is 11.2. The molecule has 1 aromatic rings. The minimum atomic E-state index is 0.482. The number of nitrogens with zero attached hydrogens (tertiary/aromatic N) is 3. The maximum atomic E-state index is 9.18. The van der Waals surface area contributed by atoms with Crippen LogP contribution in [0.3, 0.4) is 0 Å². The van der Waals surface area contributed by atoms with E-state index in [0.29, 0.717) is 11.6 Å². The van der Waals surface area contributed by atoms with Crippen LogP contribution in [0.15, 0.2) is 0 Å². The Bertz CT molecular complexity index is 460. The lowest BCUT2D eigenvalue weighted by Gasteiger charge is -2.14. The molecule has 5 heteroatoms. The third-order valence-electron chi connectivity index (χ3n) is 3.46. The zero-order valence-corrected chi connectivity index (χ0v) is 12.0. The average molecular weight is 264 g/mol. The molecule has 18 heavy (non-hydrogen) atoms. The molecule has 1 saturated carbocycles. The van der Waals surface area contributed by atoms with Crippen LogP contribution in [0.25, 0.3) is 0 Å². The number of aromatic nitrogens is 2. The van der Waals surface area contributed by atoms with Gasteiger partial charge in [0.15, 0.2) is 0 Å². The van der Waals surface area contributed by atoms with Crippen molar-refractivity contribution >= 4 is 17.6 Å². The van der Waals surface area contributed by atoms with Crippen molar-refractivity contribution in [3.63, 3.8) is 0 Å². The van der Waals surface area contributed by atoms with Gasteiger partial charge in [-0.3, -0.25) is 4.68 Å². The monoisotopic (exact) mass is 264 g/mol. The number of hydrogen-bond acceptors (Lipinski definition) is 4. The van der Waals surface area contributed by atoms with E-state index >= 15 is 0 Å². The second-order valence-electron chi connectivity index (χ2n) is 4.78. The molecule has 0 amide bonds. The van der Waals surface area contributed by atoms with Crippen LogP contribution in [0, 0.1) is 18.3 Å². The van der Waals surface area contributed by atoms with Crippen molar-refractivity contribution in [1.29, 1.82) is 5.26 Å². The Morgan fingerprint density at radius 2 is 2.33 bits per heavy atom. The molecule has 1 N–H and O–H groups in total. The van der Waals surface area contributed by atoms with Gasteiger partial charge in [-0.25, -0.2) is 0 Å². The number of nitrogens with one attached hydrogen (secondary N) is 1. The normalized spacial score (nSPS) is 23.0. The zero-order chi connectivity index (χ0) is 13.1. The van der Waals surface area contributed by atoms with Crippen molar-refractivity contribution < 1.29 is 0 Å². The molecule has 0 radical (unpaired) electrons. The summed E-state index contributed by atoms with van der Waals surface area (Å²) in [5, 5.41) is 17.8. The minimum Gasteiger partial charge on any atom is -0.366 e. The first-order valence-corrected chi connectivity index (χ1v) is 7.52. The first-order valence-electron chi connectivity index (χ1n) is 6.47. The van der Waals surface area contributed by atoms with E-state index in [4.69, 9.17) is 0 Å². The molecule has 1 aromatic heterocycles. The largest absolute Gasteiger partial charge is 0.366 e. The summed E-state index contributed by atoms with van der Waals surface area (Å²) in [4.78, 5) is 0. The molecule has 2 rings (SSSR count). The average Bonchev–Trinajstić information content (AvgIpc) is 2.86. The molecule has 1 aliphatic rings. The van der Waals surface area contributed by atoms with E-state index in [9.17, 15) is 5.26 Å². The summed E-state index contributed by atoms with van der Waals surface area (Å²) < 4.78 is 1.79. The summed E-state index contributed by atoms with van der Waals surface area (Å²) in [7, 11) is 1.89. The molecule has 0 spiro atoms. The Kier molecular flexibility index (Phi) is 4.18. The molecule has 0 bridgehead atoms. The van der Waals surface area contributed by atoms with E-state index in [1.807, 2.05) is 25.7 Å². The van der Waals surface area contributed by atoms with Crippen molar-refractivity contribution in [2.75, 3.05) is 11.1 Å². The SMILES string of the molecule is CCSC1CCC(Nc2c(C#N)c(C)nn2C)C1. The minimum absolute atomic E-state index is 0.482. The Hall–Kier alpha value is -1.15.